The lowest BCUT2D eigenvalue weighted by atomic mass is 10.0. The first-order chi connectivity index (χ1) is 12.5. The highest BCUT2D eigenvalue weighted by Gasteiger charge is 2.14. The lowest BCUT2D eigenvalue weighted by molar-refractivity contribution is 0.0945. The number of carbonyl (C=O) groups excluding carboxylic acids is 1. The number of pyridine rings is 1. The number of hydrogen-bond donors (Lipinski definition) is 3. The van der Waals surface area contributed by atoms with Crippen LogP contribution in [0, 0.1) is 13.8 Å². The summed E-state index contributed by atoms with van der Waals surface area (Å²) in [5.74, 6) is -0.272. The Morgan fingerprint density at radius 3 is 2.50 bits per heavy atom. The van der Waals surface area contributed by atoms with Gasteiger partial charge in [0.25, 0.3) is 5.91 Å². The van der Waals surface area contributed by atoms with Crippen molar-refractivity contribution < 1.29 is 4.79 Å². The van der Waals surface area contributed by atoms with Gasteiger partial charge in [-0.3, -0.25) is 15.6 Å². The molecule has 0 saturated heterocycles. The van der Waals surface area contributed by atoms with Gasteiger partial charge in [-0.15, -0.1) is 0 Å². The van der Waals surface area contributed by atoms with E-state index in [1.54, 1.807) is 7.05 Å². The van der Waals surface area contributed by atoms with Gasteiger partial charge in [0.15, 0.2) is 5.11 Å². The molecular formula is C20H20N4OS. The van der Waals surface area contributed by atoms with Gasteiger partial charge in [0, 0.05) is 18.0 Å². The van der Waals surface area contributed by atoms with E-state index in [0.29, 0.717) is 10.7 Å². The third-order valence-electron chi connectivity index (χ3n) is 4.28. The minimum atomic E-state index is -0.272. The molecule has 1 heterocycles. The third-order valence-corrected chi connectivity index (χ3v) is 4.59. The Balaban J connectivity index is 2.07. The second kappa shape index (κ2) is 7.49. The van der Waals surface area contributed by atoms with Crippen molar-refractivity contribution in [2.45, 2.75) is 13.8 Å². The molecule has 0 aliphatic heterocycles. The third kappa shape index (κ3) is 3.65. The van der Waals surface area contributed by atoms with E-state index in [1.165, 1.54) is 11.1 Å². The summed E-state index contributed by atoms with van der Waals surface area (Å²) in [7, 11) is 1.68. The van der Waals surface area contributed by atoms with Gasteiger partial charge in [-0.25, -0.2) is 4.98 Å². The van der Waals surface area contributed by atoms with Gasteiger partial charge in [0.2, 0.25) is 0 Å². The molecule has 2 aromatic carbocycles. The fraction of sp³-hybridized carbons (Fsp3) is 0.150. The van der Waals surface area contributed by atoms with E-state index in [1.807, 2.05) is 36.4 Å². The predicted molar refractivity (Wildman–Crippen MR) is 109 cm³/mol. The molecule has 0 saturated carbocycles. The normalized spacial score (nSPS) is 10.4. The zero-order valence-corrected chi connectivity index (χ0v) is 15.7. The Morgan fingerprint density at radius 2 is 1.77 bits per heavy atom. The smallest absolute Gasteiger partial charge is 0.270 e. The van der Waals surface area contributed by atoms with Gasteiger partial charge >= 0.3 is 0 Å². The number of nitrogens with one attached hydrogen (secondary N) is 3. The fourth-order valence-electron chi connectivity index (χ4n) is 2.66. The molecule has 1 aromatic heterocycles. The Kier molecular flexibility index (Phi) is 5.14. The van der Waals surface area contributed by atoms with Crippen molar-refractivity contribution >= 4 is 34.1 Å². The molecule has 5 nitrogen and oxygen atoms in total. The lowest BCUT2D eigenvalue weighted by Crippen LogP contribution is -2.45. The van der Waals surface area contributed by atoms with Crippen molar-refractivity contribution in [3.05, 3.63) is 65.2 Å². The molecule has 3 rings (SSSR count). The number of hydrogen-bond acceptors (Lipinski definition) is 3. The number of aromatic nitrogens is 1. The van der Waals surface area contributed by atoms with E-state index in [2.05, 4.69) is 42.1 Å². The second-order valence-electron chi connectivity index (χ2n) is 6.03. The van der Waals surface area contributed by atoms with Crippen LogP contribution in [0.1, 0.15) is 21.5 Å². The number of hydrazine groups is 1. The summed E-state index contributed by atoms with van der Waals surface area (Å²) < 4.78 is 0. The SMILES string of the molecule is CNC(=S)NNC(=O)c1cc(-c2ccc(C)c(C)c2)nc2ccccc12. The first-order valence-electron chi connectivity index (χ1n) is 8.25. The van der Waals surface area contributed by atoms with Crippen molar-refractivity contribution in [2.75, 3.05) is 7.05 Å². The number of thiocarbonyl (C=S) groups is 1. The Labute approximate surface area is 157 Å². The summed E-state index contributed by atoms with van der Waals surface area (Å²) in [4.78, 5) is 17.4. The van der Waals surface area contributed by atoms with Crippen LogP contribution in [0.2, 0.25) is 0 Å². The number of nitrogens with zero attached hydrogens (tertiary/aromatic N) is 1. The van der Waals surface area contributed by atoms with Gasteiger partial charge in [-0.1, -0.05) is 30.3 Å². The number of amides is 1. The van der Waals surface area contributed by atoms with E-state index < -0.39 is 0 Å². The van der Waals surface area contributed by atoms with Crippen LogP contribution in [-0.4, -0.2) is 23.1 Å². The molecule has 26 heavy (non-hydrogen) atoms. The average Bonchev–Trinajstić information content (AvgIpc) is 2.67. The van der Waals surface area contributed by atoms with Crippen LogP contribution in [-0.2, 0) is 0 Å². The molecule has 6 heteroatoms. The quantitative estimate of drug-likeness (QED) is 0.481. The number of para-hydroxylation sites is 1. The monoisotopic (exact) mass is 364 g/mol. The number of benzene rings is 2. The maximum Gasteiger partial charge on any atom is 0.270 e. The minimum Gasteiger partial charge on any atom is -0.364 e. The van der Waals surface area contributed by atoms with Gasteiger partial charge in [0.05, 0.1) is 16.8 Å². The molecule has 3 N–H and O–H groups in total. The molecule has 0 unspecified atom stereocenters. The maximum absolute atomic E-state index is 12.7. The predicted octanol–water partition coefficient (Wildman–Crippen LogP) is 3.26. The molecule has 0 aliphatic rings. The van der Waals surface area contributed by atoms with E-state index in [-0.39, 0.29) is 5.91 Å². The van der Waals surface area contributed by atoms with Crippen molar-refractivity contribution in [1.82, 2.24) is 21.2 Å². The van der Waals surface area contributed by atoms with Crippen LogP contribution in [0.15, 0.2) is 48.5 Å². The van der Waals surface area contributed by atoms with Crippen molar-refractivity contribution in [1.29, 1.82) is 0 Å². The maximum atomic E-state index is 12.7. The molecular weight excluding hydrogens is 344 g/mol. The lowest BCUT2D eigenvalue weighted by Gasteiger charge is -2.12. The minimum absolute atomic E-state index is 0.272. The van der Waals surface area contributed by atoms with Crippen molar-refractivity contribution in [3.8, 4) is 11.3 Å². The van der Waals surface area contributed by atoms with Crippen molar-refractivity contribution in [3.63, 3.8) is 0 Å². The molecule has 0 bridgehead atoms. The highest BCUT2D eigenvalue weighted by Crippen LogP contribution is 2.26. The Morgan fingerprint density at radius 1 is 1.00 bits per heavy atom. The Hall–Kier alpha value is -2.99. The van der Waals surface area contributed by atoms with Crippen LogP contribution >= 0.6 is 12.2 Å². The molecule has 0 spiro atoms. The number of carbonyl (C=O) groups is 1. The van der Waals surface area contributed by atoms with Crippen LogP contribution in [0.25, 0.3) is 22.2 Å². The molecule has 0 atom stereocenters. The van der Waals surface area contributed by atoms with Crippen LogP contribution < -0.4 is 16.2 Å². The highest BCUT2D eigenvalue weighted by atomic mass is 32.1. The molecule has 0 fully saturated rings. The van der Waals surface area contributed by atoms with Gasteiger partial charge in [-0.05, 0) is 55.4 Å². The van der Waals surface area contributed by atoms with Crippen LogP contribution in [0.4, 0.5) is 0 Å². The number of rotatable bonds is 2. The summed E-state index contributed by atoms with van der Waals surface area (Å²) in [6.07, 6.45) is 0. The summed E-state index contributed by atoms with van der Waals surface area (Å²) >= 11 is 5.00. The number of aryl methyl sites for hydroxylation is 2. The first-order valence-corrected chi connectivity index (χ1v) is 8.66. The van der Waals surface area contributed by atoms with Gasteiger partial charge < -0.3 is 5.32 Å². The number of fused-ring (bicyclic) bond motifs is 1. The van der Waals surface area contributed by atoms with Crippen molar-refractivity contribution in [2.24, 2.45) is 0 Å². The Bertz CT molecular complexity index is 1000. The average molecular weight is 364 g/mol. The molecule has 132 valence electrons. The molecule has 3 aromatic rings. The van der Waals surface area contributed by atoms with Crippen LogP contribution in [0.3, 0.4) is 0 Å². The topological polar surface area (TPSA) is 66.0 Å². The zero-order chi connectivity index (χ0) is 18.7. The summed E-state index contributed by atoms with van der Waals surface area (Å²) in [6.45, 7) is 4.14. The van der Waals surface area contributed by atoms with Gasteiger partial charge in [0.1, 0.15) is 0 Å². The summed E-state index contributed by atoms with van der Waals surface area (Å²) in [6, 6.07) is 15.6. The van der Waals surface area contributed by atoms with E-state index in [9.17, 15) is 4.79 Å². The van der Waals surface area contributed by atoms with E-state index >= 15 is 0 Å². The molecule has 0 aliphatic carbocycles. The summed E-state index contributed by atoms with van der Waals surface area (Å²) in [5.41, 5.74) is 10.7. The summed E-state index contributed by atoms with van der Waals surface area (Å²) in [5, 5.41) is 3.88. The highest BCUT2D eigenvalue weighted by molar-refractivity contribution is 7.80. The molecule has 0 radical (unpaired) electrons. The van der Waals surface area contributed by atoms with E-state index in [0.717, 1.165) is 22.2 Å². The zero-order valence-electron chi connectivity index (χ0n) is 14.9. The standard InChI is InChI=1S/C20H20N4OS/c1-12-8-9-14(10-13(12)2)18-11-16(19(25)23-24-20(26)21-3)15-6-4-5-7-17(15)22-18/h4-11H,1-3H3,(H,23,25)(H2,21,24,26). The van der Waals surface area contributed by atoms with Gasteiger partial charge in [-0.2, -0.15) is 0 Å². The van der Waals surface area contributed by atoms with E-state index in [4.69, 9.17) is 17.2 Å². The second-order valence-corrected chi connectivity index (χ2v) is 6.44. The first kappa shape index (κ1) is 17.8. The van der Waals surface area contributed by atoms with Crippen LogP contribution in [0.5, 0.6) is 0 Å². The largest absolute Gasteiger partial charge is 0.364 e. The fourth-order valence-corrected chi connectivity index (χ4v) is 2.71. The molecule has 1 amide bonds.